The predicted molar refractivity (Wildman–Crippen MR) is 86.1 cm³/mol. The molecule has 0 saturated heterocycles. The Hall–Kier alpha value is -1.14. The third-order valence-electron chi connectivity index (χ3n) is 2.50. The van der Waals surface area contributed by atoms with Crippen LogP contribution in [-0.2, 0) is 0 Å². The van der Waals surface area contributed by atoms with Crippen LogP contribution in [0.25, 0.3) is 0 Å². The largest absolute Gasteiger partial charge is 0.354 e. The first kappa shape index (κ1) is 14.3. The lowest BCUT2D eigenvalue weighted by Crippen LogP contribution is -2.04. The molecule has 0 fully saturated rings. The van der Waals surface area contributed by atoms with Crippen LogP contribution in [0.1, 0.15) is 12.5 Å². The van der Waals surface area contributed by atoms with Gasteiger partial charge in [-0.2, -0.15) is 4.98 Å². The third kappa shape index (κ3) is 3.67. The summed E-state index contributed by atoms with van der Waals surface area (Å²) in [4.78, 5) is 8.60. The summed E-state index contributed by atoms with van der Waals surface area (Å²) in [7, 11) is 0. The molecule has 2 N–H and O–H groups in total. The Balaban J connectivity index is 2.26. The predicted octanol–water partition coefficient (Wildman–Crippen LogP) is 4.49. The van der Waals surface area contributed by atoms with Gasteiger partial charge in [0.25, 0.3) is 0 Å². The second-order valence-electron chi connectivity index (χ2n) is 4.01. The van der Waals surface area contributed by atoms with Crippen LogP contribution in [0.5, 0.6) is 0 Å². The molecule has 0 saturated carbocycles. The van der Waals surface area contributed by atoms with E-state index in [2.05, 4.69) is 58.5 Å². The number of anilines is 3. The molecule has 0 aliphatic rings. The van der Waals surface area contributed by atoms with Gasteiger partial charge in [-0.25, -0.2) is 4.98 Å². The molecule has 0 unspecified atom stereocenters. The van der Waals surface area contributed by atoms with Crippen molar-refractivity contribution >= 4 is 49.3 Å². The topological polar surface area (TPSA) is 49.8 Å². The summed E-state index contributed by atoms with van der Waals surface area (Å²) in [6.45, 7) is 4.85. The minimum absolute atomic E-state index is 0.613. The number of nitrogens with one attached hydrogen (secondary N) is 2. The van der Waals surface area contributed by atoms with E-state index < -0.39 is 0 Å². The number of nitrogens with zero attached hydrogens (tertiary/aromatic N) is 2. The van der Waals surface area contributed by atoms with Gasteiger partial charge in [0.15, 0.2) is 0 Å². The van der Waals surface area contributed by atoms with Crippen molar-refractivity contribution in [2.75, 3.05) is 17.2 Å². The zero-order chi connectivity index (χ0) is 13.8. The lowest BCUT2D eigenvalue weighted by Gasteiger charge is -2.10. The van der Waals surface area contributed by atoms with Crippen molar-refractivity contribution in [3.8, 4) is 0 Å². The molecule has 1 aromatic heterocycles. The van der Waals surface area contributed by atoms with Gasteiger partial charge in [0.1, 0.15) is 5.82 Å². The molecule has 100 valence electrons. The van der Waals surface area contributed by atoms with Crippen molar-refractivity contribution in [1.29, 1.82) is 0 Å². The summed E-state index contributed by atoms with van der Waals surface area (Å²) in [6, 6.07) is 6.07. The Morgan fingerprint density at radius 2 is 2.00 bits per heavy atom. The van der Waals surface area contributed by atoms with E-state index in [9.17, 15) is 0 Å². The Morgan fingerprint density at radius 3 is 2.68 bits per heavy atom. The first-order chi connectivity index (χ1) is 9.10. The molecule has 0 aliphatic carbocycles. The zero-order valence-electron chi connectivity index (χ0n) is 10.7. The van der Waals surface area contributed by atoms with Crippen LogP contribution < -0.4 is 10.6 Å². The molecule has 19 heavy (non-hydrogen) atoms. The molecule has 0 spiro atoms. The SMILES string of the molecule is CCNc1ncc(Br)c(Nc2ccc(Br)c(C)c2)n1. The van der Waals surface area contributed by atoms with E-state index in [0.717, 1.165) is 27.0 Å². The Kier molecular flexibility index (Phi) is 4.76. The van der Waals surface area contributed by atoms with Crippen molar-refractivity contribution in [1.82, 2.24) is 9.97 Å². The molecule has 0 aliphatic heterocycles. The molecule has 0 atom stereocenters. The molecule has 2 rings (SSSR count). The standard InChI is InChI=1S/C13H14Br2N4/c1-3-16-13-17-7-11(15)12(19-13)18-9-4-5-10(14)8(2)6-9/h4-7H,3H2,1-2H3,(H2,16,17,18,19). The number of benzene rings is 1. The zero-order valence-corrected chi connectivity index (χ0v) is 13.8. The fourth-order valence-corrected chi connectivity index (χ4v) is 2.09. The Labute approximate surface area is 129 Å². The fourth-order valence-electron chi connectivity index (χ4n) is 1.56. The number of hydrogen-bond donors (Lipinski definition) is 2. The second-order valence-corrected chi connectivity index (χ2v) is 5.72. The summed E-state index contributed by atoms with van der Waals surface area (Å²) < 4.78 is 1.92. The summed E-state index contributed by atoms with van der Waals surface area (Å²) in [5, 5.41) is 6.37. The average molecular weight is 386 g/mol. The lowest BCUT2D eigenvalue weighted by atomic mass is 10.2. The molecule has 0 bridgehead atoms. The fraction of sp³-hybridized carbons (Fsp3) is 0.231. The third-order valence-corrected chi connectivity index (χ3v) is 3.97. The molecule has 0 amide bonds. The van der Waals surface area contributed by atoms with Crippen LogP contribution in [0.4, 0.5) is 17.5 Å². The van der Waals surface area contributed by atoms with Gasteiger partial charge in [0, 0.05) is 22.9 Å². The highest BCUT2D eigenvalue weighted by atomic mass is 79.9. The van der Waals surface area contributed by atoms with Crippen LogP contribution in [0.15, 0.2) is 33.3 Å². The highest BCUT2D eigenvalue weighted by molar-refractivity contribution is 9.10. The second kappa shape index (κ2) is 6.34. The van der Waals surface area contributed by atoms with Crippen molar-refractivity contribution in [2.24, 2.45) is 0 Å². The van der Waals surface area contributed by atoms with Gasteiger partial charge >= 0.3 is 0 Å². The Bertz CT molecular complexity index is 587. The minimum atomic E-state index is 0.613. The highest BCUT2D eigenvalue weighted by Gasteiger charge is 2.06. The normalized spacial score (nSPS) is 10.3. The van der Waals surface area contributed by atoms with Crippen LogP contribution in [0.3, 0.4) is 0 Å². The smallest absolute Gasteiger partial charge is 0.224 e. The van der Waals surface area contributed by atoms with Crippen molar-refractivity contribution < 1.29 is 0 Å². The van der Waals surface area contributed by atoms with Crippen LogP contribution >= 0.6 is 31.9 Å². The summed E-state index contributed by atoms with van der Waals surface area (Å²) in [5.41, 5.74) is 2.16. The maximum absolute atomic E-state index is 4.42. The van der Waals surface area contributed by atoms with Gasteiger partial charge in [-0.1, -0.05) is 15.9 Å². The van der Waals surface area contributed by atoms with E-state index in [1.807, 2.05) is 26.0 Å². The number of rotatable bonds is 4. The van der Waals surface area contributed by atoms with Crippen molar-refractivity contribution in [3.05, 3.63) is 38.9 Å². The molecule has 4 nitrogen and oxygen atoms in total. The monoisotopic (exact) mass is 384 g/mol. The van der Waals surface area contributed by atoms with E-state index in [1.54, 1.807) is 6.20 Å². The molecule has 2 aromatic rings. The van der Waals surface area contributed by atoms with Gasteiger partial charge < -0.3 is 10.6 Å². The van der Waals surface area contributed by atoms with Crippen molar-refractivity contribution in [2.45, 2.75) is 13.8 Å². The first-order valence-corrected chi connectivity index (χ1v) is 7.48. The van der Waals surface area contributed by atoms with Gasteiger partial charge in [0.05, 0.1) is 4.47 Å². The maximum atomic E-state index is 4.42. The van der Waals surface area contributed by atoms with Gasteiger partial charge in [-0.05, 0) is 53.5 Å². The number of aromatic nitrogens is 2. The van der Waals surface area contributed by atoms with Gasteiger partial charge in [-0.3, -0.25) is 0 Å². The van der Waals surface area contributed by atoms with Crippen LogP contribution in [0.2, 0.25) is 0 Å². The van der Waals surface area contributed by atoms with E-state index in [0.29, 0.717) is 5.95 Å². The average Bonchev–Trinajstić information content (AvgIpc) is 2.38. The van der Waals surface area contributed by atoms with E-state index >= 15 is 0 Å². The molecular weight excluding hydrogens is 372 g/mol. The number of halogens is 2. The van der Waals surface area contributed by atoms with Crippen LogP contribution in [-0.4, -0.2) is 16.5 Å². The van der Waals surface area contributed by atoms with Crippen molar-refractivity contribution in [3.63, 3.8) is 0 Å². The van der Waals surface area contributed by atoms with E-state index in [-0.39, 0.29) is 0 Å². The quantitative estimate of drug-likeness (QED) is 0.814. The Morgan fingerprint density at radius 1 is 1.21 bits per heavy atom. The van der Waals surface area contributed by atoms with E-state index in [1.165, 1.54) is 5.56 Å². The van der Waals surface area contributed by atoms with E-state index in [4.69, 9.17) is 0 Å². The molecule has 1 heterocycles. The number of hydrogen-bond acceptors (Lipinski definition) is 4. The maximum Gasteiger partial charge on any atom is 0.224 e. The molecular formula is C13H14Br2N4. The van der Waals surface area contributed by atoms with Gasteiger partial charge in [0.2, 0.25) is 5.95 Å². The summed E-state index contributed by atoms with van der Waals surface area (Å²) in [6.07, 6.45) is 1.74. The van der Waals surface area contributed by atoms with Gasteiger partial charge in [-0.15, -0.1) is 0 Å². The van der Waals surface area contributed by atoms with Crippen LogP contribution in [0, 0.1) is 6.92 Å². The molecule has 0 radical (unpaired) electrons. The summed E-state index contributed by atoms with van der Waals surface area (Å²) in [5.74, 6) is 1.36. The summed E-state index contributed by atoms with van der Waals surface area (Å²) >= 11 is 6.94. The highest BCUT2D eigenvalue weighted by Crippen LogP contribution is 2.26. The lowest BCUT2D eigenvalue weighted by molar-refractivity contribution is 1.08. The minimum Gasteiger partial charge on any atom is -0.354 e. The number of aryl methyl sites for hydroxylation is 1. The first-order valence-electron chi connectivity index (χ1n) is 5.89. The molecule has 6 heteroatoms. The molecule has 1 aromatic carbocycles.